The van der Waals surface area contributed by atoms with Gasteiger partial charge in [0.15, 0.2) is 0 Å². The molecule has 4 rings (SSSR count). The molecule has 30 heavy (non-hydrogen) atoms. The average Bonchev–Trinajstić information content (AvgIpc) is 3.23. The first kappa shape index (κ1) is 19.0. The summed E-state index contributed by atoms with van der Waals surface area (Å²) in [6.07, 6.45) is 1.42. The third kappa shape index (κ3) is 3.80. The molecule has 0 saturated carbocycles. The molecule has 0 fully saturated rings. The maximum absolute atomic E-state index is 12.3. The summed E-state index contributed by atoms with van der Waals surface area (Å²) in [5, 5.41) is 26.1. The van der Waals surface area contributed by atoms with Gasteiger partial charge in [-0.2, -0.15) is 5.26 Å². The van der Waals surface area contributed by atoms with Crippen LogP contribution in [-0.4, -0.2) is 9.91 Å². The van der Waals surface area contributed by atoms with Crippen LogP contribution in [-0.2, 0) is 0 Å². The largest absolute Gasteiger partial charge is 0.422 e. The zero-order chi connectivity index (χ0) is 21.1. The molecule has 0 bridgehead atoms. The van der Waals surface area contributed by atoms with E-state index >= 15 is 0 Å². The fourth-order valence-electron chi connectivity index (χ4n) is 2.77. The van der Waals surface area contributed by atoms with E-state index in [1.165, 1.54) is 29.7 Å². The van der Waals surface area contributed by atoms with Crippen LogP contribution < -0.4 is 10.9 Å². The van der Waals surface area contributed by atoms with Gasteiger partial charge in [-0.05, 0) is 18.2 Å². The Morgan fingerprint density at radius 1 is 1.23 bits per heavy atom. The molecule has 1 N–H and O–H groups in total. The standard InChI is InChI=1S/C21H12N4O4S/c22-10-14(11-23-15-5-3-6-16(9-15)25(27)28)20-24-18(12-30-20)17-8-13-4-1-2-7-19(13)29-21(17)26/h1-9,11-12,23H/b14-11+. The molecule has 0 atom stereocenters. The Labute approximate surface area is 173 Å². The SMILES string of the molecule is N#C/C(=C\Nc1cccc([N+](=O)[O-])c1)c1nc(-c2cc3ccccc3oc2=O)cs1. The molecule has 9 heteroatoms. The molecule has 0 amide bonds. The van der Waals surface area contributed by atoms with Gasteiger partial charge in [-0.1, -0.05) is 24.3 Å². The van der Waals surface area contributed by atoms with Crippen molar-refractivity contribution in [1.82, 2.24) is 4.98 Å². The van der Waals surface area contributed by atoms with E-state index in [9.17, 15) is 20.2 Å². The maximum atomic E-state index is 12.3. The molecule has 0 aliphatic heterocycles. The summed E-state index contributed by atoms with van der Waals surface area (Å²) in [5.74, 6) is 0. The molecular formula is C21H12N4O4S. The van der Waals surface area contributed by atoms with Crippen molar-refractivity contribution in [2.45, 2.75) is 0 Å². The van der Waals surface area contributed by atoms with Gasteiger partial charge >= 0.3 is 5.63 Å². The lowest BCUT2D eigenvalue weighted by Crippen LogP contribution is -2.02. The summed E-state index contributed by atoms with van der Waals surface area (Å²) in [6, 6.07) is 16.8. The minimum absolute atomic E-state index is 0.0635. The number of nitrogens with one attached hydrogen (secondary N) is 1. The third-order valence-corrected chi connectivity index (χ3v) is 5.09. The van der Waals surface area contributed by atoms with Gasteiger partial charge < -0.3 is 9.73 Å². The quantitative estimate of drug-likeness (QED) is 0.214. The molecule has 0 radical (unpaired) electrons. The van der Waals surface area contributed by atoms with Gasteiger partial charge in [-0.15, -0.1) is 11.3 Å². The smallest absolute Gasteiger partial charge is 0.345 e. The topological polar surface area (TPSA) is 122 Å². The Bertz CT molecular complexity index is 1400. The molecule has 8 nitrogen and oxygen atoms in total. The Balaban J connectivity index is 1.64. The first-order valence-corrected chi connectivity index (χ1v) is 9.53. The van der Waals surface area contributed by atoms with E-state index in [1.807, 2.05) is 18.2 Å². The summed E-state index contributed by atoms with van der Waals surface area (Å²) in [5.41, 5.74) is 1.31. The number of non-ortho nitro benzene ring substituents is 1. The predicted molar refractivity (Wildman–Crippen MR) is 114 cm³/mol. The second kappa shape index (κ2) is 7.98. The van der Waals surface area contributed by atoms with Crippen LogP contribution in [0.3, 0.4) is 0 Å². The van der Waals surface area contributed by atoms with Gasteiger partial charge in [-0.3, -0.25) is 10.1 Å². The number of thiazole rings is 1. The molecule has 146 valence electrons. The van der Waals surface area contributed by atoms with Crippen molar-refractivity contribution >= 4 is 39.3 Å². The normalized spacial score (nSPS) is 11.2. The average molecular weight is 416 g/mol. The van der Waals surface area contributed by atoms with E-state index in [0.717, 1.165) is 5.39 Å². The van der Waals surface area contributed by atoms with Gasteiger partial charge in [0.25, 0.3) is 5.69 Å². The van der Waals surface area contributed by atoms with E-state index in [1.54, 1.807) is 35.7 Å². The summed E-state index contributed by atoms with van der Waals surface area (Å²) in [7, 11) is 0. The van der Waals surface area contributed by atoms with E-state index in [0.29, 0.717) is 27.5 Å². The molecule has 0 saturated heterocycles. The zero-order valence-electron chi connectivity index (χ0n) is 15.2. The van der Waals surface area contributed by atoms with Crippen molar-refractivity contribution in [1.29, 1.82) is 5.26 Å². The monoisotopic (exact) mass is 416 g/mol. The van der Waals surface area contributed by atoms with Crippen LogP contribution in [0.1, 0.15) is 5.01 Å². The molecule has 0 spiro atoms. The van der Waals surface area contributed by atoms with E-state index < -0.39 is 10.5 Å². The van der Waals surface area contributed by atoms with Gasteiger partial charge in [0.1, 0.15) is 22.2 Å². The number of anilines is 1. The fraction of sp³-hybridized carbons (Fsp3) is 0. The van der Waals surface area contributed by atoms with E-state index in [2.05, 4.69) is 10.3 Å². The second-order valence-corrected chi connectivity index (χ2v) is 7.00. The van der Waals surface area contributed by atoms with Crippen molar-refractivity contribution in [3.05, 3.63) is 91.7 Å². The maximum Gasteiger partial charge on any atom is 0.345 e. The summed E-state index contributed by atoms with van der Waals surface area (Å²) in [6.45, 7) is 0. The summed E-state index contributed by atoms with van der Waals surface area (Å²) in [4.78, 5) is 27.1. The first-order chi connectivity index (χ1) is 14.5. The summed E-state index contributed by atoms with van der Waals surface area (Å²) >= 11 is 1.20. The molecule has 0 unspecified atom stereocenters. The fourth-order valence-corrected chi connectivity index (χ4v) is 3.55. The van der Waals surface area contributed by atoms with Gasteiger partial charge in [-0.25, -0.2) is 9.78 Å². The number of aromatic nitrogens is 1. The Morgan fingerprint density at radius 3 is 2.87 bits per heavy atom. The highest BCUT2D eigenvalue weighted by molar-refractivity contribution is 7.11. The van der Waals surface area contributed by atoms with Crippen LogP contribution in [0.15, 0.2) is 75.4 Å². The number of para-hydroxylation sites is 1. The number of rotatable bonds is 5. The minimum Gasteiger partial charge on any atom is -0.422 e. The van der Waals surface area contributed by atoms with Crippen molar-refractivity contribution in [2.75, 3.05) is 5.32 Å². The lowest BCUT2D eigenvalue weighted by Gasteiger charge is -2.01. The van der Waals surface area contributed by atoms with Crippen molar-refractivity contribution in [2.24, 2.45) is 0 Å². The molecule has 2 aromatic carbocycles. The van der Waals surface area contributed by atoms with Crippen LogP contribution in [0.2, 0.25) is 0 Å². The van der Waals surface area contributed by atoms with E-state index in [4.69, 9.17) is 4.42 Å². The van der Waals surface area contributed by atoms with Crippen molar-refractivity contribution in [3.8, 4) is 17.3 Å². The van der Waals surface area contributed by atoms with Crippen LogP contribution in [0.4, 0.5) is 11.4 Å². The zero-order valence-corrected chi connectivity index (χ0v) is 16.1. The predicted octanol–water partition coefficient (Wildman–Crippen LogP) is 4.80. The molecule has 2 aromatic heterocycles. The highest BCUT2D eigenvalue weighted by Crippen LogP contribution is 2.26. The number of benzene rings is 2. The summed E-state index contributed by atoms with van der Waals surface area (Å²) < 4.78 is 5.34. The Kier molecular flexibility index (Phi) is 5.07. The molecule has 4 aromatic rings. The Morgan fingerprint density at radius 2 is 2.07 bits per heavy atom. The van der Waals surface area contributed by atoms with E-state index in [-0.39, 0.29) is 11.3 Å². The van der Waals surface area contributed by atoms with Gasteiger partial charge in [0, 0.05) is 34.8 Å². The number of nitriles is 1. The minimum atomic E-state index is -0.511. The number of nitrogens with zero attached hydrogens (tertiary/aromatic N) is 3. The van der Waals surface area contributed by atoms with Gasteiger partial charge in [0.05, 0.1) is 16.2 Å². The highest BCUT2D eigenvalue weighted by Gasteiger charge is 2.14. The van der Waals surface area contributed by atoms with Gasteiger partial charge in [0.2, 0.25) is 0 Å². The molecule has 2 heterocycles. The lowest BCUT2D eigenvalue weighted by atomic mass is 10.1. The Hall–Kier alpha value is -4.29. The second-order valence-electron chi connectivity index (χ2n) is 6.14. The van der Waals surface area contributed by atoms with Crippen molar-refractivity contribution in [3.63, 3.8) is 0 Å². The number of nitro groups is 1. The number of hydrogen-bond acceptors (Lipinski definition) is 8. The van der Waals surface area contributed by atoms with Crippen molar-refractivity contribution < 1.29 is 9.34 Å². The first-order valence-electron chi connectivity index (χ1n) is 8.65. The highest BCUT2D eigenvalue weighted by atomic mass is 32.1. The molecule has 0 aliphatic rings. The molecular weight excluding hydrogens is 404 g/mol. The number of fused-ring (bicyclic) bond motifs is 1. The van der Waals surface area contributed by atoms with Crippen LogP contribution in [0.5, 0.6) is 0 Å². The van der Waals surface area contributed by atoms with Crippen LogP contribution in [0.25, 0.3) is 27.8 Å². The number of allylic oxidation sites excluding steroid dienone is 1. The van der Waals surface area contributed by atoms with Crippen LogP contribution >= 0.6 is 11.3 Å². The third-order valence-electron chi connectivity index (χ3n) is 4.21. The number of nitro benzene ring substituents is 1. The molecule has 0 aliphatic carbocycles. The number of hydrogen-bond donors (Lipinski definition) is 1. The lowest BCUT2D eigenvalue weighted by molar-refractivity contribution is -0.384. The van der Waals surface area contributed by atoms with Crippen LogP contribution in [0, 0.1) is 21.4 Å².